The maximum absolute atomic E-state index is 3.67. The van der Waals surface area contributed by atoms with E-state index in [1.54, 1.807) is 5.57 Å². The Morgan fingerprint density at radius 3 is 2.50 bits per heavy atom. The molecule has 1 aliphatic carbocycles. The first kappa shape index (κ1) is 22.0. The number of rotatable bonds is 7. The molecule has 0 bridgehead atoms. The van der Waals surface area contributed by atoms with E-state index < -0.39 is 0 Å². The van der Waals surface area contributed by atoms with E-state index in [0.717, 1.165) is 6.42 Å². The minimum absolute atomic E-state index is 0. The average Bonchev–Trinajstić information content (AvgIpc) is 2.78. The summed E-state index contributed by atoms with van der Waals surface area (Å²) in [6.07, 6.45) is 6.05. The van der Waals surface area contributed by atoms with Gasteiger partial charge in [-0.05, 0) is 0 Å². The Balaban J connectivity index is 0.00000220. The molecular formula is C18H27Cl2NTi. The molecule has 1 nitrogen and oxygen atoms in total. The normalized spacial score (nSPS) is 13.3. The predicted molar refractivity (Wildman–Crippen MR) is 98.5 cm³/mol. The molecular weight excluding hydrogens is 349 g/mol. The Labute approximate surface area is 157 Å². The van der Waals surface area contributed by atoms with Crippen LogP contribution in [0.25, 0.3) is 5.57 Å². The summed E-state index contributed by atoms with van der Waals surface area (Å²) in [5.74, 6) is 0. The Hall–Kier alpha value is -0.0457. The molecule has 0 saturated heterocycles. The number of halogens is 2. The van der Waals surface area contributed by atoms with E-state index in [1.165, 1.54) is 46.4 Å². The van der Waals surface area contributed by atoms with Crippen LogP contribution < -0.4 is 3.80 Å². The van der Waals surface area contributed by atoms with Gasteiger partial charge < -0.3 is 0 Å². The van der Waals surface area contributed by atoms with E-state index >= 15 is 0 Å². The molecule has 0 saturated carbocycles. The second-order valence-corrected chi connectivity index (χ2v) is 7.28. The van der Waals surface area contributed by atoms with Crippen molar-refractivity contribution in [3.63, 3.8) is 0 Å². The molecule has 22 heavy (non-hydrogen) atoms. The van der Waals surface area contributed by atoms with Gasteiger partial charge in [0.2, 0.25) is 0 Å². The zero-order chi connectivity index (χ0) is 14.4. The summed E-state index contributed by atoms with van der Waals surface area (Å²) in [4.78, 5) is 0. The minimum atomic E-state index is -0.0497. The third kappa shape index (κ3) is 6.22. The van der Waals surface area contributed by atoms with Gasteiger partial charge in [0.15, 0.2) is 0 Å². The van der Waals surface area contributed by atoms with Crippen molar-refractivity contribution in [2.24, 2.45) is 0 Å². The molecule has 0 unspecified atom stereocenters. The van der Waals surface area contributed by atoms with E-state index in [4.69, 9.17) is 0 Å². The second-order valence-electron chi connectivity index (χ2n) is 5.62. The van der Waals surface area contributed by atoms with Crippen LogP contribution in [-0.4, -0.2) is 6.54 Å². The summed E-state index contributed by atoms with van der Waals surface area (Å²) < 4.78 is 4.91. The van der Waals surface area contributed by atoms with Crippen LogP contribution in [0.2, 0.25) is 0 Å². The Morgan fingerprint density at radius 2 is 1.86 bits per heavy atom. The van der Waals surface area contributed by atoms with Crippen LogP contribution in [0.1, 0.15) is 51.2 Å². The van der Waals surface area contributed by atoms with E-state index in [2.05, 4.69) is 54.9 Å². The number of hydrogen-bond acceptors (Lipinski definition) is 1. The standard InChI is InChI=1S/C14H15.C4H10N.2ClH.Ti/c1-10-8-12(3)14(9-10)13-7-5-4-6-11(13)2;1-2-3-4-5;;;/h4-8H,2,9H2,1,3H3;5H,2-4H2,1H3;2*1H;/q;-1;;;+1. The SMILES string of the molecule is CCCC[NH][Ti][CH2]c1ccccc1C1=C(C)C=C(C)C1.Cl.Cl. The minimum Gasteiger partial charge on any atom is -0.147 e. The van der Waals surface area contributed by atoms with Crippen LogP contribution in [0, 0.1) is 0 Å². The van der Waals surface area contributed by atoms with Crippen LogP contribution in [0.4, 0.5) is 0 Å². The maximum Gasteiger partial charge on any atom is -0.147 e. The molecule has 122 valence electrons. The molecule has 1 aromatic carbocycles. The van der Waals surface area contributed by atoms with Crippen LogP contribution in [0.15, 0.2) is 41.5 Å². The summed E-state index contributed by atoms with van der Waals surface area (Å²) in [7, 11) is 0. The summed E-state index contributed by atoms with van der Waals surface area (Å²) in [6.45, 7) is 7.93. The second kappa shape index (κ2) is 11.5. The Bertz CT molecular complexity index is 524. The van der Waals surface area contributed by atoms with Crippen molar-refractivity contribution in [3.05, 3.63) is 52.6 Å². The molecule has 0 aliphatic heterocycles. The molecule has 0 fully saturated rings. The number of nitrogens with one attached hydrogen (secondary N) is 1. The van der Waals surface area contributed by atoms with Crippen LogP contribution in [0.3, 0.4) is 0 Å². The molecule has 1 N–H and O–H groups in total. The summed E-state index contributed by atoms with van der Waals surface area (Å²) in [5, 5.41) is 0. The first-order chi connectivity index (χ1) is 9.72. The summed E-state index contributed by atoms with van der Waals surface area (Å²) >= 11 is -0.0497. The fraction of sp³-hybridized carbons (Fsp3) is 0.444. The third-order valence-corrected chi connectivity index (χ3v) is 5.45. The molecule has 0 amide bonds. The molecule has 0 atom stereocenters. The van der Waals surface area contributed by atoms with E-state index in [1.807, 2.05) is 0 Å². The van der Waals surface area contributed by atoms with Crippen LogP contribution >= 0.6 is 24.8 Å². The van der Waals surface area contributed by atoms with Crippen molar-refractivity contribution in [2.45, 2.75) is 44.8 Å². The topological polar surface area (TPSA) is 12.0 Å². The largest absolute Gasteiger partial charge is 0.147 e. The molecule has 1 aliphatic rings. The van der Waals surface area contributed by atoms with Gasteiger partial charge in [-0.1, -0.05) is 0 Å². The van der Waals surface area contributed by atoms with Crippen LogP contribution in [-0.2, 0) is 24.1 Å². The van der Waals surface area contributed by atoms with E-state index in [9.17, 15) is 0 Å². The zero-order valence-corrected chi connectivity index (χ0v) is 16.9. The van der Waals surface area contributed by atoms with Crippen LogP contribution in [0.5, 0.6) is 0 Å². The first-order valence-electron chi connectivity index (χ1n) is 7.63. The fourth-order valence-corrected chi connectivity index (χ4v) is 4.24. The molecule has 0 spiro atoms. The molecule has 0 aromatic heterocycles. The molecule has 1 aromatic rings. The van der Waals surface area contributed by atoms with Gasteiger partial charge >= 0.3 is 133 Å². The molecule has 2 rings (SSSR count). The Morgan fingerprint density at radius 1 is 1.14 bits per heavy atom. The van der Waals surface area contributed by atoms with Crippen molar-refractivity contribution in [1.29, 1.82) is 0 Å². The molecule has 0 radical (unpaired) electrons. The van der Waals surface area contributed by atoms with Crippen molar-refractivity contribution in [3.8, 4) is 0 Å². The predicted octanol–water partition coefficient (Wildman–Crippen LogP) is 5.54. The first-order valence-corrected chi connectivity index (χ1v) is 9.51. The van der Waals surface area contributed by atoms with Gasteiger partial charge in [0.1, 0.15) is 0 Å². The van der Waals surface area contributed by atoms with Crippen molar-refractivity contribution >= 4 is 30.4 Å². The van der Waals surface area contributed by atoms with Gasteiger partial charge in [-0.2, -0.15) is 0 Å². The smallest absolute Gasteiger partial charge is 0.147 e. The van der Waals surface area contributed by atoms with E-state index in [0.29, 0.717) is 0 Å². The van der Waals surface area contributed by atoms with Crippen molar-refractivity contribution < 1.29 is 19.4 Å². The van der Waals surface area contributed by atoms with Gasteiger partial charge in [0.25, 0.3) is 0 Å². The number of hydrogen-bond donors (Lipinski definition) is 1. The van der Waals surface area contributed by atoms with Gasteiger partial charge in [-0.15, -0.1) is 24.8 Å². The van der Waals surface area contributed by atoms with Gasteiger partial charge in [0.05, 0.1) is 0 Å². The number of unbranched alkanes of at least 4 members (excludes halogenated alkanes) is 1. The molecule has 4 heteroatoms. The van der Waals surface area contributed by atoms with Crippen molar-refractivity contribution in [2.75, 3.05) is 6.54 Å². The van der Waals surface area contributed by atoms with E-state index in [-0.39, 0.29) is 44.2 Å². The average molecular weight is 376 g/mol. The third-order valence-electron chi connectivity index (χ3n) is 3.80. The van der Waals surface area contributed by atoms with Gasteiger partial charge in [0, 0.05) is 0 Å². The van der Waals surface area contributed by atoms with Crippen molar-refractivity contribution in [1.82, 2.24) is 3.80 Å². The quantitative estimate of drug-likeness (QED) is 0.487. The van der Waals surface area contributed by atoms with Gasteiger partial charge in [-0.25, -0.2) is 0 Å². The van der Waals surface area contributed by atoms with Gasteiger partial charge in [-0.3, -0.25) is 0 Å². The molecule has 0 heterocycles. The fourth-order valence-electron chi connectivity index (χ4n) is 2.71. The monoisotopic (exact) mass is 375 g/mol. The maximum atomic E-state index is 3.67. The Kier molecular flexibility index (Phi) is 11.5. The summed E-state index contributed by atoms with van der Waals surface area (Å²) in [6, 6.07) is 8.98. The zero-order valence-electron chi connectivity index (χ0n) is 13.7. The number of allylic oxidation sites excluding steroid dienone is 4. The number of benzene rings is 1. The summed E-state index contributed by atoms with van der Waals surface area (Å²) in [5.41, 5.74) is 7.50.